The van der Waals surface area contributed by atoms with Crippen molar-refractivity contribution in [2.75, 3.05) is 23.9 Å². The van der Waals surface area contributed by atoms with Crippen LogP contribution in [0.2, 0.25) is 0 Å². The van der Waals surface area contributed by atoms with Gasteiger partial charge in [0.2, 0.25) is 0 Å². The summed E-state index contributed by atoms with van der Waals surface area (Å²) in [5.74, 6) is 1.29. The van der Waals surface area contributed by atoms with Crippen molar-refractivity contribution in [3.8, 4) is 0 Å². The van der Waals surface area contributed by atoms with E-state index in [0.29, 0.717) is 12.4 Å². The number of carbonyl (C=O) groups is 1. The van der Waals surface area contributed by atoms with E-state index in [1.165, 1.54) is 0 Å². The SMILES string of the molecule is CSCCOC(=O)Nc1cc2ccccc2cn1. The molecule has 1 heterocycles. The van der Waals surface area contributed by atoms with Gasteiger partial charge < -0.3 is 4.74 Å². The third kappa shape index (κ3) is 3.37. The molecule has 0 atom stereocenters. The van der Waals surface area contributed by atoms with Crippen LogP contribution in [0.1, 0.15) is 0 Å². The van der Waals surface area contributed by atoms with Gasteiger partial charge in [-0.15, -0.1) is 0 Å². The Kier molecular flexibility index (Phi) is 4.41. The minimum absolute atomic E-state index is 0.403. The first-order valence-electron chi connectivity index (χ1n) is 5.57. The zero-order chi connectivity index (χ0) is 12.8. The molecule has 0 fully saturated rings. The number of aromatic nitrogens is 1. The average molecular weight is 262 g/mol. The molecule has 0 spiro atoms. The maximum atomic E-state index is 11.4. The van der Waals surface area contributed by atoms with E-state index in [1.54, 1.807) is 18.0 Å². The number of carbonyl (C=O) groups excluding carboxylic acids is 1. The van der Waals surface area contributed by atoms with Gasteiger partial charge in [0.05, 0.1) is 0 Å². The molecule has 0 saturated carbocycles. The molecular weight excluding hydrogens is 248 g/mol. The number of benzene rings is 1. The summed E-state index contributed by atoms with van der Waals surface area (Å²) in [5.41, 5.74) is 0. The number of nitrogens with zero attached hydrogens (tertiary/aromatic N) is 1. The first-order chi connectivity index (χ1) is 8.79. The van der Waals surface area contributed by atoms with E-state index in [9.17, 15) is 4.79 Å². The second-order valence-corrected chi connectivity index (χ2v) is 4.66. The van der Waals surface area contributed by atoms with Gasteiger partial charge in [-0.25, -0.2) is 9.78 Å². The summed E-state index contributed by atoms with van der Waals surface area (Å²) in [6.07, 6.45) is 3.23. The van der Waals surface area contributed by atoms with E-state index < -0.39 is 6.09 Å². The number of pyridine rings is 1. The van der Waals surface area contributed by atoms with Crippen molar-refractivity contribution >= 4 is 34.4 Å². The van der Waals surface area contributed by atoms with Crippen LogP contribution in [-0.4, -0.2) is 29.7 Å². The molecule has 0 aliphatic carbocycles. The average Bonchev–Trinajstić information content (AvgIpc) is 2.39. The van der Waals surface area contributed by atoms with Crippen molar-refractivity contribution in [3.63, 3.8) is 0 Å². The molecule has 1 N–H and O–H groups in total. The normalized spacial score (nSPS) is 10.3. The van der Waals surface area contributed by atoms with Crippen LogP contribution in [0.5, 0.6) is 0 Å². The molecule has 94 valence electrons. The van der Waals surface area contributed by atoms with Gasteiger partial charge in [-0.05, 0) is 17.7 Å². The number of rotatable bonds is 4. The molecule has 1 aromatic heterocycles. The fourth-order valence-electron chi connectivity index (χ4n) is 1.51. The Bertz CT molecular complexity index is 545. The zero-order valence-electron chi connectivity index (χ0n) is 10.1. The molecule has 0 aliphatic heterocycles. The van der Waals surface area contributed by atoms with Gasteiger partial charge >= 0.3 is 6.09 Å². The monoisotopic (exact) mass is 262 g/mol. The van der Waals surface area contributed by atoms with Gasteiger partial charge in [0.1, 0.15) is 12.4 Å². The summed E-state index contributed by atoms with van der Waals surface area (Å²) in [6.45, 7) is 0.403. The lowest BCUT2D eigenvalue weighted by molar-refractivity contribution is 0.169. The number of hydrogen-bond acceptors (Lipinski definition) is 4. The van der Waals surface area contributed by atoms with Gasteiger partial charge in [0, 0.05) is 17.3 Å². The van der Waals surface area contributed by atoms with Gasteiger partial charge in [-0.1, -0.05) is 24.3 Å². The summed E-state index contributed by atoms with van der Waals surface area (Å²) >= 11 is 1.63. The van der Waals surface area contributed by atoms with E-state index in [4.69, 9.17) is 4.74 Å². The standard InChI is InChI=1S/C13H14N2O2S/c1-18-7-6-17-13(16)15-12-8-10-4-2-3-5-11(10)9-14-12/h2-5,8-9H,6-7H2,1H3,(H,14,15,16). The first kappa shape index (κ1) is 12.7. The predicted octanol–water partition coefficient (Wildman–Crippen LogP) is 3.15. The fourth-order valence-corrected chi connectivity index (χ4v) is 1.76. The third-order valence-electron chi connectivity index (χ3n) is 2.38. The van der Waals surface area contributed by atoms with Crippen molar-refractivity contribution in [3.05, 3.63) is 36.5 Å². The molecule has 18 heavy (non-hydrogen) atoms. The number of hydrogen-bond donors (Lipinski definition) is 1. The van der Waals surface area contributed by atoms with Crippen LogP contribution in [-0.2, 0) is 4.74 Å². The smallest absolute Gasteiger partial charge is 0.412 e. The lowest BCUT2D eigenvalue weighted by atomic mass is 10.2. The Balaban J connectivity index is 2.01. The summed E-state index contributed by atoms with van der Waals surface area (Å²) in [5, 5.41) is 4.69. The van der Waals surface area contributed by atoms with E-state index in [-0.39, 0.29) is 0 Å². The quantitative estimate of drug-likeness (QED) is 0.860. The van der Waals surface area contributed by atoms with E-state index in [2.05, 4.69) is 10.3 Å². The zero-order valence-corrected chi connectivity index (χ0v) is 10.9. The second kappa shape index (κ2) is 6.26. The maximum Gasteiger partial charge on any atom is 0.412 e. The molecule has 0 aliphatic rings. The minimum atomic E-state index is -0.466. The Morgan fingerprint density at radius 2 is 2.17 bits per heavy atom. The molecular formula is C13H14N2O2S. The molecule has 5 heteroatoms. The van der Waals surface area contributed by atoms with Crippen LogP contribution < -0.4 is 5.32 Å². The number of thioether (sulfide) groups is 1. The Morgan fingerprint density at radius 3 is 2.94 bits per heavy atom. The second-order valence-electron chi connectivity index (χ2n) is 3.67. The van der Waals surface area contributed by atoms with E-state index in [0.717, 1.165) is 16.5 Å². The van der Waals surface area contributed by atoms with Crippen LogP contribution >= 0.6 is 11.8 Å². The van der Waals surface area contributed by atoms with Crippen molar-refractivity contribution in [1.29, 1.82) is 0 Å². The van der Waals surface area contributed by atoms with Crippen molar-refractivity contribution < 1.29 is 9.53 Å². The molecule has 2 rings (SSSR count). The summed E-state index contributed by atoms with van der Waals surface area (Å²) in [6, 6.07) is 9.67. The first-order valence-corrected chi connectivity index (χ1v) is 6.96. The number of nitrogens with one attached hydrogen (secondary N) is 1. The summed E-state index contributed by atoms with van der Waals surface area (Å²) < 4.78 is 4.99. The lowest BCUT2D eigenvalue weighted by Crippen LogP contribution is -2.15. The Hall–Kier alpha value is -1.75. The fraction of sp³-hybridized carbons (Fsp3) is 0.231. The van der Waals surface area contributed by atoms with Crippen molar-refractivity contribution in [2.45, 2.75) is 0 Å². The molecule has 4 nitrogen and oxygen atoms in total. The molecule has 0 bridgehead atoms. The largest absolute Gasteiger partial charge is 0.448 e. The lowest BCUT2D eigenvalue weighted by Gasteiger charge is -2.06. The van der Waals surface area contributed by atoms with Crippen molar-refractivity contribution in [2.24, 2.45) is 0 Å². The van der Waals surface area contributed by atoms with Gasteiger partial charge in [0.15, 0.2) is 0 Å². The summed E-state index contributed by atoms with van der Waals surface area (Å²) in [7, 11) is 0. The highest BCUT2D eigenvalue weighted by Crippen LogP contribution is 2.16. The molecule has 0 radical (unpaired) electrons. The number of anilines is 1. The van der Waals surface area contributed by atoms with Crippen LogP contribution in [0.25, 0.3) is 10.8 Å². The molecule has 0 unspecified atom stereocenters. The minimum Gasteiger partial charge on any atom is -0.448 e. The van der Waals surface area contributed by atoms with Gasteiger partial charge in [-0.3, -0.25) is 5.32 Å². The predicted molar refractivity (Wildman–Crippen MR) is 75.1 cm³/mol. The molecule has 2 aromatic rings. The van der Waals surface area contributed by atoms with Crippen molar-refractivity contribution in [1.82, 2.24) is 4.98 Å². The van der Waals surface area contributed by atoms with Crippen LogP contribution in [0.4, 0.5) is 10.6 Å². The molecule has 0 saturated heterocycles. The Labute approximate surface area is 110 Å². The van der Waals surface area contributed by atoms with Crippen LogP contribution in [0, 0.1) is 0 Å². The van der Waals surface area contributed by atoms with E-state index >= 15 is 0 Å². The van der Waals surface area contributed by atoms with Gasteiger partial charge in [-0.2, -0.15) is 11.8 Å². The van der Waals surface area contributed by atoms with Crippen LogP contribution in [0.3, 0.4) is 0 Å². The number of fused-ring (bicyclic) bond motifs is 1. The Morgan fingerprint density at radius 1 is 1.39 bits per heavy atom. The maximum absolute atomic E-state index is 11.4. The highest BCUT2D eigenvalue weighted by atomic mass is 32.2. The number of amides is 1. The molecule has 1 aromatic carbocycles. The summed E-state index contributed by atoms with van der Waals surface area (Å²) in [4.78, 5) is 15.6. The third-order valence-corrected chi connectivity index (χ3v) is 2.96. The number of ether oxygens (including phenoxy) is 1. The van der Waals surface area contributed by atoms with Crippen LogP contribution in [0.15, 0.2) is 36.5 Å². The molecule has 1 amide bonds. The van der Waals surface area contributed by atoms with Gasteiger partial charge in [0.25, 0.3) is 0 Å². The topological polar surface area (TPSA) is 51.2 Å². The van der Waals surface area contributed by atoms with E-state index in [1.807, 2.05) is 36.6 Å². The highest BCUT2D eigenvalue weighted by Gasteiger charge is 2.04. The highest BCUT2D eigenvalue weighted by molar-refractivity contribution is 7.98.